The smallest absolute Gasteiger partial charge is 0.146 e. The number of hydrogen-bond donors (Lipinski definition) is 1. The van der Waals surface area contributed by atoms with E-state index < -0.39 is 0 Å². The monoisotopic (exact) mass is 316 g/mol. The van der Waals surface area contributed by atoms with Gasteiger partial charge >= 0.3 is 0 Å². The zero-order chi connectivity index (χ0) is 16.1. The molecule has 0 amide bonds. The first-order valence-corrected chi connectivity index (χ1v) is 8.48. The molecule has 1 aliphatic carbocycles. The normalized spacial score (nSPS) is 15.7. The number of halogens is 1. The fourth-order valence-corrected chi connectivity index (χ4v) is 3.35. The van der Waals surface area contributed by atoms with Crippen LogP contribution in [0.2, 0.25) is 0 Å². The predicted molar refractivity (Wildman–Crippen MR) is 90.9 cm³/mol. The van der Waals surface area contributed by atoms with Gasteiger partial charge in [0.1, 0.15) is 11.6 Å². The number of anilines is 1. The van der Waals surface area contributed by atoms with Gasteiger partial charge in [-0.05, 0) is 42.7 Å². The molecule has 3 rings (SSSR count). The van der Waals surface area contributed by atoms with E-state index in [-0.39, 0.29) is 5.82 Å². The topological polar surface area (TPSA) is 28.4 Å². The molecule has 23 heavy (non-hydrogen) atoms. The van der Waals surface area contributed by atoms with E-state index in [1.165, 1.54) is 19.3 Å². The predicted octanol–water partition coefficient (Wildman–Crippen LogP) is 4.48. The van der Waals surface area contributed by atoms with Crippen LogP contribution >= 0.6 is 0 Å². The van der Waals surface area contributed by atoms with Gasteiger partial charge in [-0.15, -0.1) is 0 Å². The molecule has 1 N–H and O–H groups in total. The van der Waals surface area contributed by atoms with Gasteiger partial charge in [0.15, 0.2) is 0 Å². The molecule has 0 bridgehead atoms. The van der Waals surface area contributed by atoms with Crippen LogP contribution in [-0.2, 0) is 13.1 Å². The molecule has 124 valence electrons. The van der Waals surface area contributed by atoms with Gasteiger partial charge in [-0.1, -0.05) is 25.3 Å². The molecular formula is C19H25FN2O. The molecule has 1 aliphatic rings. The van der Waals surface area contributed by atoms with Gasteiger partial charge in [-0.25, -0.2) is 4.39 Å². The van der Waals surface area contributed by atoms with Crippen LogP contribution in [0.15, 0.2) is 41.0 Å². The molecule has 0 aliphatic heterocycles. The summed E-state index contributed by atoms with van der Waals surface area (Å²) in [5.74, 6) is 0.777. The Morgan fingerprint density at radius 1 is 1.17 bits per heavy atom. The maximum atomic E-state index is 14.2. The standard InChI is InChI=1S/C19H25FN2O/c1-22(16-6-3-2-4-7-16)19-12-15(9-10-18(19)20)13-21-14-17-8-5-11-23-17/h5,8-12,16,21H,2-4,6-7,13-14H2,1H3. The quantitative estimate of drug-likeness (QED) is 0.852. The summed E-state index contributed by atoms with van der Waals surface area (Å²) in [7, 11) is 2.02. The third-order valence-electron chi connectivity index (χ3n) is 4.72. The lowest BCUT2D eigenvalue weighted by Gasteiger charge is -2.33. The fourth-order valence-electron chi connectivity index (χ4n) is 3.35. The zero-order valence-corrected chi connectivity index (χ0v) is 13.7. The van der Waals surface area contributed by atoms with Gasteiger partial charge in [0.25, 0.3) is 0 Å². The third-order valence-corrected chi connectivity index (χ3v) is 4.72. The summed E-state index contributed by atoms with van der Waals surface area (Å²) < 4.78 is 19.5. The van der Waals surface area contributed by atoms with Gasteiger partial charge in [0.2, 0.25) is 0 Å². The first-order valence-electron chi connectivity index (χ1n) is 8.48. The van der Waals surface area contributed by atoms with Crippen LogP contribution in [0.25, 0.3) is 0 Å². The average molecular weight is 316 g/mol. The summed E-state index contributed by atoms with van der Waals surface area (Å²) in [5, 5.41) is 3.33. The minimum absolute atomic E-state index is 0.132. The van der Waals surface area contributed by atoms with Crippen molar-refractivity contribution in [3.05, 3.63) is 53.7 Å². The number of rotatable bonds is 6. The number of nitrogens with zero attached hydrogens (tertiary/aromatic N) is 1. The molecule has 3 nitrogen and oxygen atoms in total. The molecule has 1 aromatic carbocycles. The Bertz CT molecular complexity index is 606. The number of furan rings is 1. The number of benzene rings is 1. The molecule has 2 aromatic rings. The summed E-state index contributed by atoms with van der Waals surface area (Å²) >= 11 is 0. The molecule has 1 saturated carbocycles. The van der Waals surface area contributed by atoms with Crippen molar-refractivity contribution in [1.29, 1.82) is 0 Å². The first-order chi connectivity index (χ1) is 11.2. The summed E-state index contributed by atoms with van der Waals surface area (Å²) in [5.41, 5.74) is 1.81. The number of nitrogens with one attached hydrogen (secondary N) is 1. The van der Waals surface area contributed by atoms with E-state index in [1.807, 2.05) is 31.3 Å². The van der Waals surface area contributed by atoms with Gasteiger partial charge < -0.3 is 14.6 Å². The molecule has 0 spiro atoms. The Balaban J connectivity index is 1.63. The summed E-state index contributed by atoms with van der Waals surface area (Å²) in [4.78, 5) is 2.13. The number of hydrogen-bond acceptors (Lipinski definition) is 3. The van der Waals surface area contributed by atoms with Gasteiger partial charge in [0.05, 0.1) is 18.5 Å². The van der Waals surface area contributed by atoms with Crippen molar-refractivity contribution in [3.8, 4) is 0 Å². The van der Waals surface area contributed by atoms with E-state index in [1.54, 1.807) is 12.3 Å². The largest absolute Gasteiger partial charge is 0.468 e. The van der Waals surface area contributed by atoms with E-state index in [0.717, 1.165) is 24.2 Å². The lowest BCUT2D eigenvalue weighted by Crippen LogP contribution is -2.34. The first kappa shape index (κ1) is 16.1. The Morgan fingerprint density at radius 3 is 2.74 bits per heavy atom. The Morgan fingerprint density at radius 2 is 2.00 bits per heavy atom. The van der Waals surface area contributed by atoms with E-state index >= 15 is 0 Å². The third kappa shape index (κ3) is 4.14. The van der Waals surface area contributed by atoms with Crippen molar-refractivity contribution >= 4 is 5.69 Å². The van der Waals surface area contributed by atoms with Crippen LogP contribution in [0.4, 0.5) is 10.1 Å². The highest BCUT2D eigenvalue weighted by Crippen LogP contribution is 2.28. The summed E-state index contributed by atoms with van der Waals surface area (Å²) in [6, 6.07) is 9.69. The highest BCUT2D eigenvalue weighted by molar-refractivity contribution is 5.50. The van der Waals surface area contributed by atoms with Crippen LogP contribution in [0.5, 0.6) is 0 Å². The average Bonchev–Trinajstić information content (AvgIpc) is 3.10. The minimum Gasteiger partial charge on any atom is -0.468 e. The van der Waals surface area contributed by atoms with E-state index in [0.29, 0.717) is 24.8 Å². The summed E-state index contributed by atoms with van der Waals surface area (Å²) in [6.07, 6.45) is 7.81. The van der Waals surface area contributed by atoms with Crippen molar-refractivity contribution < 1.29 is 8.81 Å². The van der Waals surface area contributed by atoms with Crippen molar-refractivity contribution in [2.45, 2.75) is 51.2 Å². The highest BCUT2D eigenvalue weighted by Gasteiger charge is 2.20. The van der Waals surface area contributed by atoms with Crippen molar-refractivity contribution in [2.24, 2.45) is 0 Å². The lowest BCUT2D eigenvalue weighted by molar-refractivity contribution is 0.424. The molecule has 0 saturated heterocycles. The van der Waals surface area contributed by atoms with Gasteiger partial charge in [-0.2, -0.15) is 0 Å². The molecule has 1 aromatic heterocycles. The maximum absolute atomic E-state index is 14.2. The van der Waals surface area contributed by atoms with Gasteiger partial charge in [-0.3, -0.25) is 0 Å². The maximum Gasteiger partial charge on any atom is 0.146 e. The molecule has 0 radical (unpaired) electrons. The molecular weight excluding hydrogens is 291 g/mol. The van der Waals surface area contributed by atoms with E-state index in [4.69, 9.17) is 4.42 Å². The lowest BCUT2D eigenvalue weighted by atomic mass is 9.94. The molecule has 4 heteroatoms. The van der Waals surface area contributed by atoms with Crippen LogP contribution < -0.4 is 10.2 Å². The molecule has 1 fully saturated rings. The van der Waals surface area contributed by atoms with Crippen molar-refractivity contribution in [3.63, 3.8) is 0 Å². The minimum atomic E-state index is -0.132. The molecule has 0 unspecified atom stereocenters. The van der Waals surface area contributed by atoms with Gasteiger partial charge in [0, 0.05) is 19.6 Å². The van der Waals surface area contributed by atoms with Crippen molar-refractivity contribution in [1.82, 2.24) is 5.32 Å². The fraction of sp³-hybridized carbons (Fsp3) is 0.474. The Kier molecular flexibility index (Phi) is 5.34. The SMILES string of the molecule is CN(c1cc(CNCc2ccco2)ccc1F)C1CCCCC1. The second kappa shape index (κ2) is 7.64. The highest BCUT2D eigenvalue weighted by atomic mass is 19.1. The van der Waals surface area contributed by atoms with E-state index in [9.17, 15) is 4.39 Å². The summed E-state index contributed by atoms with van der Waals surface area (Å²) in [6.45, 7) is 1.38. The van der Waals surface area contributed by atoms with Crippen LogP contribution in [-0.4, -0.2) is 13.1 Å². The zero-order valence-electron chi connectivity index (χ0n) is 13.7. The Hall–Kier alpha value is -1.81. The molecule has 1 heterocycles. The molecule has 0 atom stereocenters. The van der Waals surface area contributed by atoms with Crippen LogP contribution in [0.3, 0.4) is 0 Å². The van der Waals surface area contributed by atoms with Crippen LogP contribution in [0.1, 0.15) is 43.4 Å². The van der Waals surface area contributed by atoms with Crippen molar-refractivity contribution in [2.75, 3.05) is 11.9 Å². The van der Waals surface area contributed by atoms with Crippen LogP contribution in [0, 0.1) is 5.82 Å². The second-order valence-corrected chi connectivity index (χ2v) is 6.37. The Labute approximate surface area is 137 Å². The second-order valence-electron chi connectivity index (χ2n) is 6.37. The van der Waals surface area contributed by atoms with E-state index in [2.05, 4.69) is 10.2 Å².